The molecule has 5 aromatic rings. The standard InChI is InChI=1S/C29H34N10O5/c1-29(2,3)44-28(42)31-14-6-5-13-30-22(40)16-18-9-11-19(12-10-18)32-27(41)35-26-34-23-20(17-38(4)36-23)25-33-24(37-39(25)26)21-8-7-15-43-21/h7-12,15,17H,5-6,13-14,16H2,1-4H3,(H,30,40)(H,31,42)(H2,32,34,35,36,41). The first-order valence-electron chi connectivity index (χ1n) is 14.1. The molecule has 15 heteroatoms. The number of hydrogen-bond donors (Lipinski definition) is 4. The van der Waals surface area contributed by atoms with Gasteiger partial charge in [-0.15, -0.1) is 5.10 Å². The minimum absolute atomic E-state index is 0.120. The number of aryl methyl sites for hydroxylation is 1. The van der Waals surface area contributed by atoms with Gasteiger partial charge in [0.25, 0.3) is 0 Å². The van der Waals surface area contributed by atoms with Crippen LogP contribution in [-0.2, 0) is 23.0 Å². The molecular weight excluding hydrogens is 568 g/mol. The maximum absolute atomic E-state index is 12.9. The van der Waals surface area contributed by atoms with Gasteiger partial charge in [-0.2, -0.15) is 14.6 Å². The Hall–Kier alpha value is -5.47. The van der Waals surface area contributed by atoms with Gasteiger partial charge in [0.2, 0.25) is 17.7 Å². The quantitative estimate of drug-likeness (QED) is 0.172. The Morgan fingerprint density at radius 2 is 1.70 bits per heavy atom. The zero-order valence-corrected chi connectivity index (χ0v) is 24.9. The molecule has 0 fully saturated rings. The van der Waals surface area contributed by atoms with E-state index in [1.807, 2.05) is 20.8 Å². The molecule has 4 N–H and O–H groups in total. The van der Waals surface area contributed by atoms with Crippen LogP contribution in [0.4, 0.5) is 21.2 Å². The minimum atomic E-state index is -0.546. The maximum Gasteiger partial charge on any atom is 0.407 e. The summed E-state index contributed by atoms with van der Waals surface area (Å²) < 4.78 is 13.7. The van der Waals surface area contributed by atoms with Crippen LogP contribution in [0.2, 0.25) is 0 Å². The Balaban J connectivity index is 1.12. The van der Waals surface area contributed by atoms with Gasteiger partial charge in [-0.1, -0.05) is 12.1 Å². The van der Waals surface area contributed by atoms with E-state index in [-0.39, 0.29) is 18.3 Å². The molecule has 4 heterocycles. The second-order valence-electron chi connectivity index (χ2n) is 11.1. The zero-order valence-electron chi connectivity index (χ0n) is 24.9. The summed E-state index contributed by atoms with van der Waals surface area (Å²) in [6.45, 7) is 6.39. The predicted octanol–water partition coefficient (Wildman–Crippen LogP) is 3.88. The van der Waals surface area contributed by atoms with Crippen molar-refractivity contribution >= 4 is 46.3 Å². The van der Waals surface area contributed by atoms with Gasteiger partial charge >= 0.3 is 12.1 Å². The van der Waals surface area contributed by atoms with Gasteiger partial charge in [-0.25, -0.2) is 14.6 Å². The van der Waals surface area contributed by atoms with Crippen LogP contribution in [-0.4, -0.2) is 66.1 Å². The molecule has 0 radical (unpaired) electrons. The number of amides is 4. The molecule has 0 aliphatic heterocycles. The molecule has 0 saturated heterocycles. The Labute approximate surface area is 252 Å². The number of carbonyl (C=O) groups is 3. The van der Waals surface area contributed by atoms with Crippen LogP contribution in [0.3, 0.4) is 0 Å². The molecular formula is C29H34N10O5. The fourth-order valence-corrected chi connectivity index (χ4v) is 4.29. The predicted molar refractivity (Wildman–Crippen MR) is 162 cm³/mol. The van der Waals surface area contributed by atoms with Crippen molar-refractivity contribution in [3.63, 3.8) is 0 Å². The third kappa shape index (κ3) is 7.67. The van der Waals surface area contributed by atoms with E-state index >= 15 is 0 Å². The molecule has 0 aliphatic rings. The van der Waals surface area contributed by atoms with E-state index in [1.165, 1.54) is 10.8 Å². The first-order valence-corrected chi connectivity index (χ1v) is 14.1. The van der Waals surface area contributed by atoms with Crippen molar-refractivity contribution in [1.29, 1.82) is 0 Å². The number of hydrogen-bond acceptors (Lipinski definition) is 9. The number of anilines is 2. The summed E-state index contributed by atoms with van der Waals surface area (Å²) in [7, 11) is 1.77. The first kappa shape index (κ1) is 30.0. The number of aromatic nitrogens is 6. The highest BCUT2D eigenvalue weighted by Gasteiger charge is 2.19. The zero-order chi connectivity index (χ0) is 31.3. The Morgan fingerprint density at radius 3 is 2.41 bits per heavy atom. The summed E-state index contributed by atoms with van der Waals surface area (Å²) in [6.07, 6.45) is 4.47. The van der Waals surface area contributed by atoms with Gasteiger partial charge in [-0.05, 0) is 63.4 Å². The van der Waals surface area contributed by atoms with Crippen LogP contribution in [0.5, 0.6) is 0 Å². The van der Waals surface area contributed by atoms with Crippen molar-refractivity contribution in [3.05, 3.63) is 54.4 Å². The Morgan fingerprint density at radius 1 is 0.955 bits per heavy atom. The van der Waals surface area contributed by atoms with Crippen molar-refractivity contribution in [2.24, 2.45) is 7.05 Å². The van der Waals surface area contributed by atoms with Crippen LogP contribution in [0.25, 0.3) is 28.3 Å². The van der Waals surface area contributed by atoms with E-state index in [0.717, 1.165) is 5.56 Å². The highest BCUT2D eigenvalue weighted by atomic mass is 16.6. The molecule has 0 atom stereocenters. The van der Waals surface area contributed by atoms with Crippen LogP contribution >= 0.6 is 0 Å². The molecule has 230 valence electrons. The largest absolute Gasteiger partial charge is 0.461 e. The number of nitrogens with one attached hydrogen (secondary N) is 4. The normalized spacial score (nSPS) is 11.5. The molecule has 0 aliphatic carbocycles. The van der Waals surface area contributed by atoms with Crippen molar-refractivity contribution in [1.82, 2.24) is 40.0 Å². The van der Waals surface area contributed by atoms with Crippen molar-refractivity contribution in [2.45, 2.75) is 45.6 Å². The lowest BCUT2D eigenvalue weighted by atomic mass is 10.1. The monoisotopic (exact) mass is 602 g/mol. The number of rotatable bonds is 10. The van der Waals surface area contributed by atoms with Gasteiger partial charge in [0, 0.05) is 32.0 Å². The van der Waals surface area contributed by atoms with Crippen LogP contribution in [0.15, 0.2) is 53.3 Å². The maximum atomic E-state index is 12.9. The topological polar surface area (TPSA) is 183 Å². The molecule has 0 bridgehead atoms. The van der Waals surface area contributed by atoms with E-state index in [9.17, 15) is 14.4 Å². The minimum Gasteiger partial charge on any atom is -0.461 e. The van der Waals surface area contributed by atoms with E-state index in [0.29, 0.717) is 59.9 Å². The van der Waals surface area contributed by atoms with Crippen molar-refractivity contribution < 1.29 is 23.5 Å². The molecule has 4 aromatic heterocycles. The highest BCUT2D eigenvalue weighted by molar-refractivity contribution is 6.00. The number of benzene rings is 1. The summed E-state index contributed by atoms with van der Waals surface area (Å²) in [4.78, 5) is 45.9. The van der Waals surface area contributed by atoms with Crippen LogP contribution < -0.4 is 21.3 Å². The van der Waals surface area contributed by atoms with Crippen molar-refractivity contribution in [3.8, 4) is 11.6 Å². The number of furan rings is 1. The number of unbranched alkanes of at least 4 members (excludes halogenated alkanes) is 1. The molecule has 5 rings (SSSR count). The first-order chi connectivity index (χ1) is 21.0. The van der Waals surface area contributed by atoms with E-state index in [2.05, 4.69) is 41.4 Å². The summed E-state index contributed by atoms with van der Waals surface area (Å²) >= 11 is 0. The average molecular weight is 603 g/mol. The fourth-order valence-electron chi connectivity index (χ4n) is 4.29. The second-order valence-corrected chi connectivity index (χ2v) is 11.1. The number of alkyl carbamates (subject to hydrolysis) is 1. The van der Waals surface area contributed by atoms with Crippen LogP contribution in [0, 0.1) is 0 Å². The lowest BCUT2D eigenvalue weighted by Gasteiger charge is -2.19. The van der Waals surface area contributed by atoms with Crippen LogP contribution in [0.1, 0.15) is 39.2 Å². The van der Waals surface area contributed by atoms with Gasteiger partial charge in [0.15, 0.2) is 17.1 Å². The van der Waals surface area contributed by atoms with Gasteiger partial charge < -0.3 is 25.1 Å². The van der Waals surface area contributed by atoms with E-state index < -0.39 is 17.7 Å². The fraction of sp³-hybridized carbons (Fsp3) is 0.345. The Kier molecular flexibility index (Phi) is 8.73. The van der Waals surface area contributed by atoms with E-state index in [1.54, 1.807) is 54.3 Å². The van der Waals surface area contributed by atoms with Gasteiger partial charge in [0.1, 0.15) is 5.60 Å². The third-order valence-electron chi connectivity index (χ3n) is 6.21. The number of fused-ring (bicyclic) bond motifs is 3. The summed E-state index contributed by atoms with van der Waals surface area (Å²) in [5.41, 5.74) is 1.63. The molecule has 15 nitrogen and oxygen atoms in total. The number of urea groups is 1. The smallest absolute Gasteiger partial charge is 0.407 e. The van der Waals surface area contributed by atoms with E-state index in [4.69, 9.17) is 9.15 Å². The Bertz CT molecular complexity index is 1770. The SMILES string of the molecule is Cn1cc2c(nc(NC(=O)Nc3ccc(CC(=O)NCCCCNC(=O)OC(C)(C)C)cc3)n3nc(-c4ccco4)nc23)n1. The van der Waals surface area contributed by atoms with Gasteiger partial charge in [-0.3, -0.25) is 14.8 Å². The molecule has 1 aromatic carbocycles. The molecule has 0 spiro atoms. The average Bonchev–Trinajstić information content (AvgIpc) is 3.70. The molecule has 4 amide bonds. The summed E-state index contributed by atoms with van der Waals surface area (Å²) in [5.74, 6) is 0.821. The summed E-state index contributed by atoms with van der Waals surface area (Å²) in [6, 6.07) is 9.88. The molecule has 44 heavy (non-hydrogen) atoms. The number of nitrogens with zero attached hydrogens (tertiary/aromatic N) is 6. The highest BCUT2D eigenvalue weighted by Crippen LogP contribution is 2.24. The lowest BCUT2D eigenvalue weighted by Crippen LogP contribution is -2.33. The van der Waals surface area contributed by atoms with Crippen molar-refractivity contribution in [2.75, 3.05) is 23.7 Å². The molecule has 0 saturated carbocycles. The molecule has 0 unspecified atom stereocenters. The number of ether oxygens (including phenoxy) is 1. The third-order valence-corrected chi connectivity index (χ3v) is 6.21. The second kappa shape index (κ2) is 12.8. The van der Waals surface area contributed by atoms with Gasteiger partial charge in [0.05, 0.1) is 18.1 Å². The number of carbonyl (C=O) groups excluding carboxylic acids is 3. The lowest BCUT2D eigenvalue weighted by molar-refractivity contribution is -0.120. The summed E-state index contributed by atoms with van der Waals surface area (Å²) in [5, 5.41) is 20.5.